The van der Waals surface area contributed by atoms with Gasteiger partial charge in [0.15, 0.2) is 0 Å². The Balaban J connectivity index is 1.57. The van der Waals surface area contributed by atoms with Crippen molar-refractivity contribution < 1.29 is 17.9 Å². The molecule has 0 radical (unpaired) electrons. The van der Waals surface area contributed by atoms with Crippen LogP contribution in [0.1, 0.15) is 28.8 Å². The van der Waals surface area contributed by atoms with E-state index in [1.54, 1.807) is 18.2 Å². The van der Waals surface area contributed by atoms with Crippen molar-refractivity contribution in [1.29, 1.82) is 0 Å². The summed E-state index contributed by atoms with van der Waals surface area (Å²) in [6.45, 7) is 8.70. The number of carbonyl (C=O) groups excluding carboxylic acids is 1. The second-order valence-electron chi connectivity index (χ2n) is 9.10. The summed E-state index contributed by atoms with van der Waals surface area (Å²) in [6.07, 6.45) is 4.53. The first-order valence-corrected chi connectivity index (χ1v) is 13.3. The smallest absolute Gasteiger partial charge is 0.258 e. The Morgan fingerprint density at radius 3 is 2.34 bits per heavy atom. The van der Waals surface area contributed by atoms with Crippen molar-refractivity contribution in [2.75, 3.05) is 39.5 Å². The minimum absolute atomic E-state index is 0.186. The predicted molar refractivity (Wildman–Crippen MR) is 134 cm³/mol. The number of nitrogens with zero attached hydrogens (tertiary/aromatic N) is 4. The molecule has 1 aliphatic carbocycles. The standard InChI is InChI=1S/C26H26N4O4S/c1-27-26(10-11-26)19-6-4-18(5-7-19)24-21-16-20(34-2)8-9-23(21)28-17-22(24)25(31)29-12-14-30(15-13-29)35(3,32)33/h4-9,16-17H,10-15H2,2-3H3. The van der Waals surface area contributed by atoms with Crippen molar-refractivity contribution >= 4 is 26.8 Å². The molecule has 2 aliphatic rings. The van der Waals surface area contributed by atoms with Gasteiger partial charge in [-0.1, -0.05) is 24.3 Å². The fraction of sp³-hybridized carbons (Fsp3) is 0.346. The van der Waals surface area contributed by atoms with E-state index < -0.39 is 15.6 Å². The molecule has 2 fully saturated rings. The molecule has 1 amide bonds. The van der Waals surface area contributed by atoms with Gasteiger partial charge in [0.05, 0.1) is 24.4 Å². The highest BCUT2D eigenvalue weighted by atomic mass is 32.2. The maximum absolute atomic E-state index is 13.7. The van der Waals surface area contributed by atoms with E-state index in [1.807, 2.05) is 42.5 Å². The third-order valence-corrected chi connectivity index (χ3v) is 8.25. The van der Waals surface area contributed by atoms with Crippen LogP contribution >= 0.6 is 0 Å². The second-order valence-corrected chi connectivity index (χ2v) is 11.1. The molecule has 1 saturated carbocycles. The summed E-state index contributed by atoms with van der Waals surface area (Å²) in [7, 11) is -1.70. The van der Waals surface area contributed by atoms with Crippen molar-refractivity contribution in [1.82, 2.24) is 14.2 Å². The van der Waals surface area contributed by atoms with Gasteiger partial charge in [0, 0.05) is 61.7 Å². The number of hydrogen-bond donors (Lipinski definition) is 0. The van der Waals surface area contributed by atoms with Crippen LogP contribution in [0.15, 0.2) is 48.7 Å². The van der Waals surface area contributed by atoms with E-state index in [9.17, 15) is 13.2 Å². The number of carbonyl (C=O) groups is 1. The minimum Gasteiger partial charge on any atom is -0.497 e. The van der Waals surface area contributed by atoms with Crippen molar-refractivity contribution in [2.24, 2.45) is 0 Å². The molecule has 2 heterocycles. The molecule has 1 aromatic heterocycles. The van der Waals surface area contributed by atoms with Crippen LogP contribution in [-0.2, 0) is 15.6 Å². The lowest BCUT2D eigenvalue weighted by Crippen LogP contribution is -2.50. The zero-order valence-electron chi connectivity index (χ0n) is 19.7. The predicted octanol–water partition coefficient (Wildman–Crippen LogP) is 3.54. The number of benzene rings is 2. The lowest BCUT2D eigenvalue weighted by molar-refractivity contribution is 0.0699. The fourth-order valence-electron chi connectivity index (χ4n) is 4.70. The van der Waals surface area contributed by atoms with E-state index in [1.165, 1.54) is 10.6 Å². The molecule has 0 atom stereocenters. The third-order valence-electron chi connectivity index (χ3n) is 6.95. The van der Waals surface area contributed by atoms with Crippen LogP contribution < -0.4 is 4.74 Å². The maximum Gasteiger partial charge on any atom is 0.258 e. The van der Waals surface area contributed by atoms with E-state index >= 15 is 0 Å². The number of fused-ring (bicyclic) bond motifs is 1. The number of pyridine rings is 1. The summed E-state index contributed by atoms with van der Waals surface area (Å²) in [5.74, 6) is 0.475. The quantitative estimate of drug-likeness (QED) is 0.511. The summed E-state index contributed by atoms with van der Waals surface area (Å²) >= 11 is 0. The normalized spacial score (nSPS) is 17.7. The highest BCUT2D eigenvalue weighted by molar-refractivity contribution is 7.88. The number of methoxy groups -OCH3 is 1. The Hall–Kier alpha value is -3.48. The van der Waals surface area contributed by atoms with Gasteiger partial charge in [0.25, 0.3) is 11.4 Å². The van der Waals surface area contributed by atoms with Crippen LogP contribution in [0.25, 0.3) is 26.9 Å². The van der Waals surface area contributed by atoms with Gasteiger partial charge in [-0.05, 0) is 23.8 Å². The Bertz CT molecular complexity index is 1450. The van der Waals surface area contributed by atoms with E-state index in [2.05, 4.69) is 9.83 Å². The summed E-state index contributed by atoms with van der Waals surface area (Å²) in [5.41, 5.74) is 3.40. The fourth-order valence-corrected chi connectivity index (χ4v) is 5.52. The van der Waals surface area contributed by atoms with Crippen molar-refractivity contribution in [3.8, 4) is 16.9 Å². The molecule has 1 aliphatic heterocycles. The number of aromatic nitrogens is 1. The van der Waals surface area contributed by atoms with Crippen LogP contribution in [0, 0.1) is 6.57 Å². The molecule has 2 aromatic carbocycles. The monoisotopic (exact) mass is 490 g/mol. The maximum atomic E-state index is 13.7. The molecule has 0 bridgehead atoms. The second kappa shape index (κ2) is 8.63. The molecule has 35 heavy (non-hydrogen) atoms. The third kappa shape index (κ3) is 4.24. The van der Waals surface area contributed by atoms with E-state index in [-0.39, 0.29) is 19.0 Å². The first-order chi connectivity index (χ1) is 16.8. The number of sulfonamides is 1. The number of amides is 1. The van der Waals surface area contributed by atoms with Crippen molar-refractivity contribution in [3.63, 3.8) is 0 Å². The van der Waals surface area contributed by atoms with Crippen LogP contribution in [0.3, 0.4) is 0 Å². The zero-order valence-corrected chi connectivity index (χ0v) is 20.5. The molecule has 0 N–H and O–H groups in total. The lowest BCUT2D eigenvalue weighted by Gasteiger charge is -2.33. The zero-order chi connectivity index (χ0) is 24.8. The molecule has 8 nitrogen and oxygen atoms in total. The molecule has 0 unspecified atom stereocenters. The van der Waals surface area contributed by atoms with Gasteiger partial charge in [-0.2, -0.15) is 4.31 Å². The Morgan fingerprint density at radius 1 is 1.09 bits per heavy atom. The molecular weight excluding hydrogens is 464 g/mol. The van der Waals surface area contributed by atoms with Crippen LogP contribution in [0.4, 0.5) is 0 Å². The SMILES string of the molecule is [C-]#[N+]C1(c2ccc(-c3c(C(=O)N4CCN(S(C)(=O)=O)CC4)cnc4ccc(OC)cc34)cc2)CC1. The molecule has 0 spiro atoms. The van der Waals surface area contributed by atoms with Gasteiger partial charge in [-0.15, -0.1) is 0 Å². The summed E-state index contributed by atoms with van der Waals surface area (Å²) < 4.78 is 30.6. The Morgan fingerprint density at radius 2 is 1.77 bits per heavy atom. The average molecular weight is 491 g/mol. The Kier molecular flexibility index (Phi) is 5.74. The first-order valence-electron chi connectivity index (χ1n) is 11.5. The molecule has 5 rings (SSSR count). The van der Waals surface area contributed by atoms with Gasteiger partial charge in [-0.3, -0.25) is 9.78 Å². The number of rotatable bonds is 5. The summed E-state index contributed by atoms with van der Waals surface area (Å²) in [6, 6.07) is 13.5. The van der Waals surface area contributed by atoms with Gasteiger partial charge >= 0.3 is 0 Å². The average Bonchev–Trinajstić information content (AvgIpc) is 3.68. The molecule has 9 heteroatoms. The first kappa shape index (κ1) is 23.3. The van der Waals surface area contributed by atoms with Crippen molar-refractivity contribution in [3.05, 3.63) is 71.2 Å². The summed E-state index contributed by atoms with van der Waals surface area (Å²) in [5, 5.41) is 0.795. The largest absolute Gasteiger partial charge is 0.497 e. The van der Waals surface area contributed by atoms with Gasteiger partial charge < -0.3 is 14.5 Å². The van der Waals surface area contributed by atoms with Crippen molar-refractivity contribution in [2.45, 2.75) is 18.4 Å². The van der Waals surface area contributed by atoms with Crippen LogP contribution in [-0.4, -0.2) is 68.1 Å². The topological polar surface area (TPSA) is 84.2 Å². The van der Waals surface area contributed by atoms with E-state index in [4.69, 9.17) is 11.3 Å². The molecule has 1 saturated heterocycles. The van der Waals surface area contributed by atoms with E-state index in [0.717, 1.165) is 40.4 Å². The van der Waals surface area contributed by atoms with Crippen LogP contribution in [0.5, 0.6) is 5.75 Å². The highest BCUT2D eigenvalue weighted by Gasteiger charge is 2.52. The molecule has 180 valence electrons. The summed E-state index contributed by atoms with van der Waals surface area (Å²) in [4.78, 5) is 23.7. The number of ether oxygens (including phenoxy) is 1. The minimum atomic E-state index is -3.29. The molecule has 3 aromatic rings. The lowest BCUT2D eigenvalue weighted by atomic mass is 9.93. The van der Waals surface area contributed by atoms with E-state index in [0.29, 0.717) is 24.4 Å². The Labute approximate surface area is 205 Å². The molecular formula is C26H26N4O4S. The van der Waals surface area contributed by atoms with Gasteiger partial charge in [0.1, 0.15) is 5.75 Å². The number of piperazine rings is 1. The van der Waals surface area contributed by atoms with Gasteiger partial charge in [0.2, 0.25) is 10.0 Å². The van der Waals surface area contributed by atoms with Crippen LogP contribution in [0.2, 0.25) is 0 Å². The number of hydrogen-bond acceptors (Lipinski definition) is 5. The highest BCUT2D eigenvalue weighted by Crippen LogP contribution is 2.50. The van der Waals surface area contributed by atoms with Gasteiger partial charge in [-0.25, -0.2) is 15.0 Å².